The summed E-state index contributed by atoms with van der Waals surface area (Å²) in [6.07, 6.45) is 16.1. The molecule has 3 fully saturated rings. The van der Waals surface area contributed by atoms with Crippen LogP contribution < -0.4 is 0 Å². The molecule has 0 amide bonds. The number of rotatable bonds is 5. The molecule has 4 aromatic carbocycles. The summed E-state index contributed by atoms with van der Waals surface area (Å²) in [5.74, 6) is 5.95. The molecule has 1 heterocycles. The molecule has 2 bridgehead atoms. The van der Waals surface area contributed by atoms with Gasteiger partial charge in [-0.3, -0.25) is 0 Å². The van der Waals surface area contributed by atoms with Gasteiger partial charge in [0.25, 0.3) is 0 Å². The summed E-state index contributed by atoms with van der Waals surface area (Å²) in [5, 5.41) is 9.20. The molecule has 50 heavy (non-hydrogen) atoms. The summed E-state index contributed by atoms with van der Waals surface area (Å²) < 4.78 is 0. The number of nitriles is 1. The van der Waals surface area contributed by atoms with Gasteiger partial charge in [0, 0.05) is 22.6 Å². The second kappa shape index (κ2) is 11.3. The zero-order valence-electron chi connectivity index (χ0n) is 28.3. The summed E-state index contributed by atoms with van der Waals surface area (Å²) in [7, 11) is 0. The second-order valence-electron chi connectivity index (χ2n) is 15.2. The molecule has 0 N–H and O–H groups in total. The molecule has 1 aromatic heterocycles. The Balaban J connectivity index is 1.04. The molecule has 10 rings (SSSR count). The van der Waals surface area contributed by atoms with Crippen LogP contribution in [-0.2, 0) is 5.41 Å². The van der Waals surface area contributed by atoms with Crippen LogP contribution in [0, 0.1) is 40.9 Å². The van der Waals surface area contributed by atoms with Gasteiger partial charge >= 0.3 is 0 Å². The average molecular weight is 647 g/mol. The third-order valence-electron chi connectivity index (χ3n) is 12.9. The van der Waals surface area contributed by atoms with Crippen LogP contribution in [0.1, 0.15) is 67.1 Å². The smallest absolute Gasteiger partial charge is 0.164 e. The highest BCUT2D eigenvalue weighted by Crippen LogP contribution is 2.70. The highest BCUT2D eigenvalue weighted by Gasteiger charge is 2.63. The maximum atomic E-state index is 9.20. The fraction of sp³-hybridized carbons (Fsp3) is 0.261. The average Bonchev–Trinajstić information content (AvgIpc) is 3.74. The largest absolute Gasteiger partial charge is 0.208 e. The number of allylic oxidation sites excluding steroid dienone is 5. The Morgan fingerprint density at radius 2 is 1.34 bits per heavy atom. The molecule has 0 saturated heterocycles. The Morgan fingerprint density at radius 3 is 2.02 bits per heavy atom. The molecule has 3 saturated carbocycles. The Hall–Kier alpha value is -5.40. The molecule has 4 heteroatoms. The van der Waals surface area contributed by atoms with Crippen molar-refractivity contribution in [3.63, 3.8) is 0 Å². The third-order valence-corrected chi connectivity index (χ3v) is 12.9. The van der Waals surface area contributed by atoms with Crippen molar-refractivity contribution in [1.29, 1.82) is 5.26 Å². The first-order valence-corrected chi connectivity index (χ1v) is 18.2. The van der Waals surface area contributed by atoms with E-state index in [9.17, 15) is 5.26 Å². The van der Waals surface area contributed by atoms with Crippen molar-refractivity contribution in [3.8, 4) is 40.0 Å². The molecule has 3 unspecified atom stereocenters. The number of aromatic nitrogens is 3. The standard InChI is InChI=1S/C46H38N4/c1-28-42-36-20-21-37(42)26-46(28,25-36)41-9-5-8-38-39(41)23-22-32-16-19-35(24-40(32)38)45-49-43(33-6-3-2-4-7-33)48-44(50-45)34-17-14-31(15-18-34)30-12-10-29(27-47)11-13-30/h2-15,17-19,22-24,28,32,36-37,42H,16,20-21,25-26H2,1H3/t28-,32?,36-,37+,42?,46?/m0/s1. The second-order valence-corrected chi connectivity index (χ2v) is 15.2. The van der Waals surface area contributed by atoms with Crippen molar-refractivity contribution in [2.24, 2.45) is 29.6 Å². The first-order valence-electron chi connectivity index (χ1n) is 18.2. The van der Waals surface area contributed by atoms with Gasteiger partial charge in [0.15, 0.2) is 17.5 Å². The van der Waals surface area contributed by atoms with E-state index in [0.717, 1.165) is 57.9 Å². The summed E-state index contributed by atoms with van der Waals surface area (Å²) in [6, 6.07) is 35.6. The Labute approximate surface area is 294 Å². The van der Waals surface area contributed by atoms with E-state index in [2.05, 4.69) is 91.9 Å². The molecule has 0 spiro atoms. The molecule has 5 aromatic rings. The highest BCUT2D eigenvalue weighted by molar-refractivity contribution is 5.91. The fourth-order valence-corrected chi connectivity index (χ4v) is 10.6. The van der Waals surface area contributed by atoms with Crippen molar-refractivity contribution in [1.82, 2.24) is 15.0 Å². The minimum atomic E-state index is 0.330. The topological polar surface area (TPSA) is 62.5 Å². The lowest BCUT2D eigenvalue weighted by Crippen LogP contribution is -2.28. The van der Waals surface area contributed by atoms with E-state index in [0.29, 0.717) is 34.4 Å². The van der Waals surface area contributed by atoms with E-state index < -0.39 is 0 Å². The van der Waals surface area contributed by atoms with Crippen molar-refractivity contribution >= 4 is 17.2 Å². The molecular formula is C46H38N4. The molecule has 0 aliphatic heterocycles. The maximum absolute atomic E-state index is 9.20. The number of hydrogen-bond donors (Lipinski definition) is 0. The van der Waals surface area contributed by atoms with Crippen molar-refractivity contribution < 1.29 is 0 Å². The van der Waals surface area contributed by atoms with Crippen LogP contribution in [0.5, 0.6) is 0 Å². The quantitative estimate of drug-likeness (QED) is 0.191. The van der Waals surface area contributed by atoms with Gasteiger partial charge in [-0.1, -0.05) is 110 Å². The van der Waals surface area contributed by atoms with Crippen LogP contribution in [0.3, 0.4) is 0 Å². The van der Waals surface area contributed by atoms with Crippen molar-refractivity contribution in [2.75, 3.05) is 0 Å². The lowest BCUT2D eigenvalue weighted by Gasteiger charge is -2.36. The SMILES string of the molecule is C[C@H]1C2[C@@H]3CC[C@H]2CC1(c1cccc2c1C=CC1CC=C(c4nc(-c5ccccc5)nc(-c5ccc(-c6ccc(C#N)cc6)cc5)n4)C=C21)C3. The normalized spacial score (nSPS) is 26.9. The Kier molecular flexibility index (Phi) is 6.68. The first-order chi connectivity index (χ1) is 24.6. The monoisotopic (exact) mass is 646 g/mol. The molecule has 5 aliphatic carbocycles. The number of nitrogens with zero attached hydrogens (tertiary/aromatic N) is 4. The van der Waals surface area contributed by atoms with Gasteiger partial charge in [-0.05, 0) is 113 Å². The predicted molar refractivity (Wildman–Crippen MR) is 200 cm³/mol. The predicted octanol–water partition coefficient (Wildman–Crippen LogP) is 10.6. The molecular weight excluding hydrogens is 609 g/mol. The van der Waals surface area contributed by atoms with Crippen LogP contribution in [0.4, 0.5) is 0 Å². The number of fused-ring (bicyclic) bond motifs is 4. The summed E-state index contributed by atoms with van der Waals surface area (Å²) in [6.45, 7) is 2.56. The molecule has 242 valence electrons. The first kappa shape index (κ1) is 29.5. The van der Waals surface area contributed by atoms with E-state index in [4.69, 9.17) is 15.0 Å². The van der Waals surface area contributed by atoms with Gasteiger partial charge in [0.1, 0.15) is 0 Å². The Bertz CT molecular complexity index is 2270. The van der Waals surface area contributed by atoms with E-state index in [-0.39, 0.29) is 0 Å². The van der Waals surface area contributed by atoms with Crippen molar-refractivity contribution in [3.05, 3.63) is 143 Å². The summed E-state index contributed by atoms with van der Waals surface area (Å²) >= 11 is 0. The van der Waals surface area contributed by atoms with Crippen molar-refractivity contribution in [2.45, 2.75) is 44.4 Å². The number of hydrogen-bond acceptors (Lipinski definition) is 4. The van der Waals surface area contributed by atoms with E-state index in [1.807, 2.05) is 42.5 Å². The number of benzene rings is 4. The van der Waals surface area contributed by atoms with Crippen LogP contribution in [0.2, 0.25) is 0 Å². The van der Waals surface area contributed by atoms with Crippen LogP contribution in [-0.4, -0.2) is 15.0 Å². The molecule has 5 aliphatic rings. The van der Waals surface area contributed by atoms with Gasteiger partial charge in [0.2, 0.25) is 0 Å². The van der Waals surface area contributed by atoms with Crippen LogP contribution in [0.15, 0.2) is 115 Å². The van der Waals surface area contributed by atoms with Crippen LogP contribution in [0.25, 0.3) is 51.1 Å². The highest BCUT2D eigenvalue weighted by atomic mass is 15.0. The fourth-order valence-electron chi connectivity index (χ4n) is 10.6. The zero-order chi connectivity index (χ0) is 33.4. The minimum Gasteiger partial charge on any atom is -0.208 e. The van der Waals surface area contributed by atoms with E-state index >= 15 is 0 Å². The molecule has 6 atom stereocenters. The minimum absolute atomic E-state index is 0.330. The Morgan fingerprint density at radius 1 is 0.700 bits per heavy atom. The zero-order valence-corrected chi connectivity index (χ0v) is 28.3. The van der Waals surface area contributed by atoms with Gasteiger partial charge in [-0.25, -0.2) is 15.0 Å². The lowest BCUT2D eigenvalue weighted by atomic mass is 9.68. The van der Waals surface area contributed by atoms with Gasteiger partial charge in [0.05, 0.1) is 11.6 Å². The van der Waals surface area contributed by atoms with E-state index in [1.54, 1.807) is 5.56 Å². The lowest BCUT2D eigenvalue weighted by molar-refractivity contribution is 0.307. The van der Waals surface area contributed by atoms with Gasteiger partial charge in [-0.15, -0.1) is 0 Å². The molecule has 4 nitrogen and oxygen atoms in total. The summed E-state index contributed by atoms with van der Waals surface area (Å²) in [5.41, 5.74) is 11.9. The molecule has 0 radical (unpaired) electrons. The van der Waals surface area contributed by atoms with Gasteiger partial charge < -0.3 is 0 Å². The maximum Gasteiger partial charge on any atom is 0.164 e. The van der Waals surface area contributed by atoms with E-state index in [1.165, 1.54) is 42.4 Å². The van der Waals surface area contributed by atoms with Crippen LogP contribution >= 0.6 is 0 Å². The van der Waals surface area contributed by atoms with Gasteiger partial charge in [-0.2, -0.15) is 5.26 Å². The third kappa shape index (κ3) is 4.53. The summed E-state index contributed by atoms with van der Waals surface area (Å²) in [4.78, 5) is 15.2.